The summed E-state index contributed by atoms with van der Waals surface area (Å²) in [5.41, 5.74) is 0.920. The highest BCUT2D eigenvalue weighted by atomic mass is 16.4. The first-order chi connectivity index (χ1) is 16.4. The van der Waals surface area contributed by atoms with Crippen molar-refractivity contribution in [3.05, 3.63) is 35.9 Å². The second-order valence-electron chi connectivity index (χ2n) is 7.86. The zero-order chi connectivity index (χ0) is 26.5. The molecule has 0 bridgehead atoms. The Balaban J connectivity index is 2.93. The zero-order valence-corrected chi connectivity index (χ0v) is 19.3. The van der Waals surface area contributed by atoms with E-state index in [4.69, 9.17) is 10.2 Å². The molecular formula is C22H30N4O9. The lowest BCUT2D eigenvalue weighted by Gasteiger charge is -2.24. The number of carbonyl (C=O) groups is 6. The Morgan fingerprint density at radius 3 is 1.51 bits per heavy atom. The van der Waals surface area contributed by atoms with Crippen molar-refractivity contribution >= 4 is 35.6 Å². The molecule has 7 N–H and O–H groups in total. The van der Waals surface area contributed by atoms with Crippen molar-refractivity contribution in [1.29, 1.82) is 0 Å². The summed E-state index contributed by atoms with van der Waals surface area (Å²) >= 11 is 0. The summed E-state index contributed by atoms with van der Waals surface area (Å²) < 4.78 is 0. The molecule has 0 heterocycles. The number of aliphatic carboxylic acids is 3. The minimum atomic E-state index is -1.68. The third-order valence-corrected chi connectivity index (χ3v) is 4.84. The molecule has 0 aliphatic carbocycles. The van der Waals surface area contributed by atoms with Gasteiger partial charge in [0.2, 0.25) is 17.7 Å². The maximum Gasteiger partial charge on any atom is 0.305 e. The van der Waals surface area contributed by atoms with Gasteiger partial charge in [-0.25, -0.2) is 0 Å². The molecule has 0 fully saturated rings. The fourth-order valence-corrected chi connectivity index (χ4v) is 3.18. The summed E-state index contributed by atoms with van der Waals surface area (Å²) in [6, 6.07) is 4.27. The standard InChI is InChI=1S/C22H30N4O9/c1-12(8-13-6-4-3-5-7-13)24-21(34)15(10-18(29)30)26-22(35)16(11-19(31)32)25-20(33)14(23-2)9-17(27)28/h3-7,12,14-16,23H,8-11H2,1-2H3,(H,24,34)(H,25,33)(H,26,35)(H,27,28)(H,29,30)(H,31,32). The number of nitrogens with one attached hydrogen (secondary N) is 4. The van der Waals surface area contributed by atoms with Gasteiger partial charge in [0.1, 0.15) is 12.1 Å². The monoisotopic (exact) mass is 494 g/mol. The van der Waals surface area contributed by atoms with Crippen LogP contribution in [0.25, 0.3) is 0 Å². The van der Waals surface area contributed by atoms with E-state index in [-0.39, 0.29) is 0 Å². The van der Waals surface area contributed by atoms with E-state index in [1.165, 1.54) is 7.05 Å². The molecule has 3 amide bonds. The van der Waals surface area contributed by atoms with E-state index in [0.29, 0.717) is 6.42 Å². The minimum absolute atomic E-state index is 0.417. The van der Waals surface area contributed by atoms with E-state index in [1.54, 1.807) is 6.92 Å². The van der Waals surface area contributed by atoms with Gasteiger partial charge in [0, 0.05) is 6.04 Å². The van der Waals surface area contributed by atoms with Crippen molar-refractivity contribution in [2.45, 2.75) is 56.8 Å². The molecule has 1 rings (SSSR count). The van der Waals surface area contributed by atoms with E-state index in [9.17, 15) is 33.9 Å². The van der Waals surface area contributed by atoms with Gasteiger partial charge < -0.3 is 36.6 Å². The van der Waals surface area contributed by atoms with Crippen LogP contribution >= 0.6 is 0 Å². The number of carbonyl (C=O) groups excluding carboxylic acids is 3. The van der Waals surface area contributed by atoms with Crippen LogP contribution in [0.4, 0.5) is 0 Å². The first-order valence-electron chi connectivity index (χ1n) is 10.7. The fraction of sp³-hybridized carbons (Fsp3) is 0.455. The van der Waals surface area contributed by atoms with Gasteiger partial charge in [0.15, 0.2) is 0 Å². The van der Waals surface area contributed by atoms with Crippen LogP contribution in [0.3, 0.4) is 0 Å². The third-order valence-electron chi connectivity index (χ3n) is 4.84. The molecule has 0 saturated carbocycles. The number of rotatable bonds is 15. The highest BCUT2D eigenvalue weighted by molar-refractivity contribution is 5.96. The summed E-state index contributed by atoms with van der Waals surface area (Å²) in [5, 5.41) is 36.6. The molecule has 192 valence electrons. The average Bonchev–Trinajstić information content (AvgIpc) is 2.76. The lowest BCUT2D eigenvalue weighted by molar-refractivity contribution is -0.144. The minimum Gasteiger partial charge on any atom is -0.481 e. The fourth-order valence-electron chi connectivity index (χ4n) is 3.18. The SMILES string of the molecule is CNC(CC(=O)O)C(=O)NC(CC(=O)O)C(=O)NC(CC(=O)O)C(=O)NC(C)Cc1ccccc1. The van der Waals surface area contributed by atoms with Crippen LogP contribution in [-0.4, -0.2) is 82.2 Å². The molecule has 1 aromatic carbocycles. The normalized spacial score (nSPS) is 14.0. The van der Waals surface area contributed by atoms with Gasteiger partial charge >= 0.3 is 17.9 Å². The summed E-state index contributed by atoms with van der Waals surface area (Å²) in [7, 11) is 1.31. The Morgan fingerprint density at radius 1 is 0.686 bits per heavy atom. The van der Waals surface area contributed by atoms with E-state index in [1.807, 2.05) is 30.3 Å². The number of hydrogen-bond acceptors (Lipinski definition) is 7. The van der Waals surface area contributed by atoms with Crippen LogP contribution in [0, 0.1) is 0 Å². The van der Waals surface area contributed by atoms with Crippen molar-refractivity contribution in [2.24, 2.45) is 0 Å². The number of amides is 3. The molecule has 0 aliphatic rings. The van der Waals surface area contributed by atoms with Gasteiger partial charge in [-0.05, 0) is 26.0 Å². The summed E-state index contributed by atoms with van der Waals surface area (Å²) in [5.74, 6) is -7.02. The van der Waals surface area contributed by atoms with Crippen LogP contribution in [0.5, 0.6) is 0 Å². The molecule has 0 aliphatic heterocycles. The maximum atomic E-state index is 12.7. The molecule has 13 heteroatoms. The van der Waals surface area contributed by atoms with Crippen molar-refractivity contribution in [1.82, 2.24) is 21.3 Å². The molecule has 35 heavy (non-hydrogen) atoms. The lowest BCUT2D eigenvalue weighted by Crippen LogP contribution is -2.57. The van der Waals surface area contributed by atoms with Crippen molar-refractivity contribution in [3.8, 4) is 0 Å². The van der Waals surface area contributed by atoms with Crippen LogP contribution in [0.2, 0.25) is 0 Å². The Morgan fingerprint density at radius 2 is 1.09 bits per heavy atom. The first kappa shape index (κ1) is 29.0. The van der Waals surface area contributed by atoms with E-state index >= 15 is 0 Å². The number of likely N-dealkylation sites (N-methyl/N-ethyl adjacent to an activating group) is 1. The van der Waals surface area contributed by atoms with Gasteiger partial charge in [-0.2, -0.15) is 0 Å². The van der Waals surface area contributed by atoms with Crippen LogP contribution in [0.1, 0.15) is 31.7 Å². The average molecular weight is 495 g/mol. The molecule has 0 radical (unpaired) electrons. The number of hydrogen-bond donors (Lipinski definition) is 7. The Labute approximate surface area is 201 Å². The molecule has 1 aromatic rings. The number of benzene rings is 1. The predicted molar refractivity (Wildman–Crippen MR) is 121 cm³/mol. The van der Waals surface area contributed by atoms with E-state index in [2.05, 4.69) is 21.3 Å². The van der Waals surface area contributed by atoms with Crippen molar-refractivity contribution in [2.75, 3.05) is 7.05 Å². The Bertz CT molecular complexity index is 923. The summed E-state index contributed by atoms with van der Waals surface area (Å²) in [6.07, 6.45) is -1.87. The van der Waals surface area contributed by atoms with Gasteiger partial charge in [-0.3, -0.25) is 28.8 Å². The van der Waals surface area contributed by atoms with Crippen LogP contribution < -0.4 is 21.3 Å². The molecule has 4 atom stereocenters. The number of carboxylic acids is 3. The topological polar surface area (TPSA) is 211 Å². The second kappa shape index (κ2) is 14.3. The van der Waals surface area contributed by atoms with Gasteiger partial charge in [-0.1, -0.05) is 30.3 Å². The van der Waals surface area contributed by atoms with Gasteiger partial charge in [0.25, 0.3) is 0 Å². The first-order valence-corrected chi connectivity index (χ1v) is 10.7. The zero-order valence-electron chi connectivity index (χ0n) is 19.3. The maximum absolute atomic E-state index is 12.7. The molecule has 0 aromatic heterocycles. The largest absolute Gasteiger partial charge is 0.481 e. The van der Waals surface area contributed by atoms with Gasteiger partial charge in [-0.15, -0.1) is 0 Å². The highest BCUT2D eigenvalue weighted by Crippen LogP contribution is 2.05. The molecule has 4 unspecified atom stereocenters. The van der Waals surface area contributed by atoms with Crippen LogP contribution in [-0.2, 0) is 35.2 Å². The summed E-state index contributed by atoms with van der Waals surface area (Å²) in [6.45, 7) is 1.69. The predicted octanol–water partition coefficient (Wildman–Crippen LogP) is -1.28. The smallest absolute Gasteiger partial charge is 0.305 e. The Kier molecular flexibility index (Phi) is 11.9. The Hall–Kier alpha value is -4.00. The quantitative estimate of drug-likeness (QED) is 0.153. The second-order valence-corrected chi connectivity index (χ2v) is 7.86. The van der Waals surface area contributed by atoms with Crippen molar-refractivity contribution in [3.63, 3.8) is 0 Å². The van der Waals surface area contributed by atoms with Crippen molar-refractivity contribution < 1.29 is 44.1 Å². The molecule has 0 saturated heterocycles. The molecule has 13 nitrogen and oxygen atoms in total. The lowest BCUT2D eigenvalue weighted by atomic mass is 10.1. The molecule has 0 spiro atoms. The van der Waals surface area contributed by atoms with E-state index < -0.39 is 79.1 Å². The van der Waals surface area contributed by atoms with Gasteiger partial charge in [0.05, 0.1) is 25.3 Å². The van der Waals surface area contributed by atoms with E-state index in [0.717, 1.165) is 5.56 Å². The number of carboxylic acid groups (broad SMARTS) is 3. The third kappa shape index (κ3) is 11.1. The summed E-state index contributed by atoms with van der Waals surface area (Å²) in [4.78, 5) is 71.1. The molecular weight excluding hydrogens is 464 g/mol. The highest BCUT2D eigenvalue weighted by Gasteiger charge is 2.32. The van der Waals surface area contributed by atoms with Crippen LogP contribution in [0.15, 0.2) is 30.3 Å².